The van der Waals surface area contributed by atoms with Gasteiger partial charge in [0.05, 0.1) is 12.2 Å². The molecule has 1 aliphatic heterocycles. The van der Waals surface area contributed by atoms with Crippen molar-refractivity contribution in [3.8, 4) is 0 Å². The standard InChI is InChI=1S/C14H18Br3N3O/c1-8-4-10(18)2-3-20(8)7-13(21)19-14-11(16)5-9(15)6-12(14)17/h5-6,8,10H,2-4,7,18H2,1H3,(H,19,21). The molecule has 7 heteroatoms. The Morgan fingerprint density at radius 1 is 1.38 bits per heavy atom. The van der Waals surface area contributed by atoms with E-state index in [-0.39, 0.29) is 11.9 Å². The van der Waals surface area contributed by atoms with Crippen molar-refractivity contribution in [1.82, 2.24) is 4.90 Å². The normalized spacial score (nSPS) is 23.1. The first-order valence-electron chi connectivity index (χ1n) is 6.81. The lowest BCUT2D eigenvalue weighted by Crippen LogP contribution is -2.48. The zero-order valence-electron chi connectivity index (χ0n) is 11.7. The van der Waals surface area contributed by atoms with Gasteiger partial charge >= 0.3 is 0 Å². The van der Waals surface area contributed by atoms with Gasteiger partial charge in [-0.05, 0) is 63.8 Å². The van der Waals surface area contributed by atoms with Crippen LogP contribution in [-0.2, 0) is 4.79 Å². The average Bonchev–Trinajstić information content (AvgIpc) is 2.37. The maximum Gasteiger partial charge on any atom is 0.238 e. The quantitative estimate of drug-likeness (QED) is 0.688. The molecular weight excluding hydrogens is 466 g/mol. The molecule has 1 amide bonds. The smallest absolute Gasteiger partial charge is 0.238 e. The summed E-state index contributed by atoms with van der Waals surface area (Å²) in [5.41, 5.74) is 6.71. The van der Waals surface area contributed by atoms with Gasteiger partial charge < -0.3 is 11.1 Å². The summed E-state index contributed by atoms with van der Waals surface area (Å²) in [6.45, 7) is 3.39. The Morgan fingerprint density at radius 3 is 2.57 bits per heavy atom. The second kappa shape index (κ2) is 7.55. The van der Waals surface area contributed by atoms with Crippen LogP contribution in [0, 0.1) is 0 Å². The van der Waals surface area contributed by atoms with Gasteiger partial charge in [-0.15, -0.1) is 0 Å². The molecule has 2 unspecified atom stereocenters. The van der Waals surface area contributed by atoms with Crippen LogP contribution in [0.4, 0.5) is 5.69 Å². The van der Waals surface area contributed by atoms with Gasteiger partial charge in [0.15, 0.2) is 0 Å². The summed E-state index contributed by atoms with van der Waals surface area (Å²) in [5, 5.41) is 2.96. The monoisotopic (exact) mass is 481 g/mol. The molecule has 21 heavy (non-hydrogen) atoms. The van der Waals surface area contributed by atoms with Crippen LogP contribution in [0.2, 0.25) is 0 Å². The van der Waals surface area contributed by atoms with Gasteiger partial charge in [0.1, 0.15) is 0 Å². The van der Waals surface area contributed by atoms with Crippen molar-refractivity contribution in [2.75, 3.05) is 18.4 Å². The number of hydrogen-bond acceptors (Lipinski definition) is 3. The third-order valence-electron chi connectivity index (χ3n) is 3.67. The van der Waals surface area contributed by atoms with Gasteiger partial charge in [-0.3, -0.25) is 9.69 Å². The number of nitrogens with two attached hydrogens (primary N) is 1. The molecule has 1 aromatic rings. The summed E-state index contributed by atoms with van der Waals surface area (Å²) in [4.78, 5) is 14.4. The molecule has 116 valence electrons. The second-order valence-corrected chi connectivity index (χ2v) is 8.02. The number of carbonyl (C=O) groups excluding carboxylic acids is 1. The molecule has 0 radical (unpaired) electrons. The Morgan fingerprint density at radius 2 is 2.00 bits per heavy atom. The number of anilines is 1. The predicted octanol–water partition coefficient (Wildman–Crippen LogP) is 3.72. The summed E-state index contributed by atoms with van der Waals surface area (Å²) >= 11 is 10.3. The van der Waals surface area contributed by atoms with Crippen LogP contribution < -0.4 is 11.1 Å². The highest BCUT2D eigenvalue weighted by Crippen LogP contribution is 2.34. The number of hydrogen-bond donors (Lipinski definition) is 2. The zero-order valence-corrected chi connectivity index (χ0v) is 16.5. The van der Waals surface area contributed by atoms with Gasteiger partial charge in [-0.2, -0.15) is 0 Å². The lowest BCUT2D eigenvalue weighted by atomic mass is 9.99. The van der Waals surface area contributed by atoms with Gasteiger partial charge in [-0.25, -0.2) is 0 Å². The molecule has 0 aromatic heterocycles. The SMILES string of the molecule is CC1CC(N)CCN1CC(=O)Nc1c(Br)cc(Br)cc1Br. The van der Waals surface area contributed by atoms with Crippen LogP contribution >= 0.6 is 47.8 Å². The van der Waals surface area contributed by atoms with Crippen molar-refractivity contribution >= 4 is 59.4 Å². The highest BCUT2D eigenvalue weighted by molar-refractivity contribution is 9.11. The summed E-state index contributed by atoms with van der Waals surface area (Å²) in [7, 11) is 0. The lowest BCUT2D eigenvalue weighted by Gasteiger charge is -2.35. The van der Waals surface area contributed by atoms with Gasteiger partial charge in [0.25, 0.3) is 0 Å². The maximum atomic E-state index is 12.3. The average molecular weight is 484 g/mol. The topological polar surface area (TPSA) is 58.4 Å². The third kappa shape index (κ3) is 4.76. The van der Waals surface area contributed by atoms with Gasteiger partial charge in [0, 0.05) is 32.0 Å². The summed E-state index contributed by atoms with van der Waals surface area (Å²) < 4.78 is 2.62. The van der Waals surface area contributed by atoms with E-state index in [1.807, 2.05) is 12.1 Å². The van der Waals surface area contributed by atoms with Gasteiger partial charge in [0.2, 0.25) is 5.91 Å². The molecule has 2 atom stereocenters. The molecule has 1 heterocycles. The van der Waals surface area contributed by atoms with E-state index in [4.69, 9.17) is 5.73 Å². The van der Waals surface area contributed by atoms with Crippen LogP contribution in [0.1, 0.15) is 19.8 Å². The maximum absolute atomic E-state index is 12.3. The summed E-state index contributed by atoms with van der Waals surface area (Å²) in [6, 6.07) is 4.41. The van der Waals surface area contributed by atoms with Crippen molar-refractivity contribution in [2.24, 2.45) is 5.73 Å². The Balaban J connectivity index is 1.99. The molecule has 1 saturated heterocycles. The number of nitrogens with zero attached hydrogens (tertiary/aromatic N) is 1. The minimum Gasteiger partial charge on any atom is -0.328 e. The Kier molecular flexibility index (Phi) is 6.25. The Bertz CT molecular complexity index is 515. The first-order valence-corrected chi connectivity index (χ1v) is 9.18. The molecule has 0 bridgehead atoms. The van der Waals surface area contributed by atoms with Crippen LogP contribution in [0.3, 0.4) is 0 Å². The second-order valence-electron chi connectivity index (χ2n) is 5.40. The van der Waals surface area contributed by atoms with Crippen LogP contribution in [0.15, 0.2) is 25.6 Å². The molecule has 1 fully saturated rings. The van der Waals surface area contributed by atoms with E-state index in [1.54, 1.807) is 0 Å². The number of likely N-dealkylation sites (tertiary alicyclic amines) is 1. The van der Waals surface area contributed by atoms with Crippen molar-refractivity contribution in [3.63, 3.8) is 0 Å². The number of piperidine rings is 1. The van der Waals surface area contributed by atoms with E-state index >= 15 is 0 Å². The number of carbonyl (C=O) groups is 1. The zero-order chi connectivity index (χ0) is 15.6. The summed E-state index contributed by atoms with van der Waals surface area (Å²) in [5.74, 6) is -0.0129. The Hall–Kier alpha value is 0.0500. The molecule has 3 N–H and O–H groups in total. The van der Waals surface area contributed by atoms with Crippen LogP contribution in [0.5, 0.6) is 0 Å². The highest BCUT2D eigenvalue weighted by Gasteiger charge is 2.25. The fraction of sp³-hybridized carbons (Fsp3) is 0.500. The van der Waals surface area contributed by atoms with Crippen molar-refractivity contribution in [2.45, 2.75) is 31.8 Å². The lowest BCUT2D eigenvalue weighted by molar-refractivity contribution is -0.118. The predicted molar refractivity (Wildman–Crippen MR) is 96.4 cm³/mol. The first-order chi connectivity index (χ1) is 9.86. The van der Waals surface area contributed by atoms with E-state index in [0.717, 1.165) is 38.5 Å². The van der Waals surface area contributed by atoms with E-state index in [9.17, 15) is 4.79 Å². The molecule has 4 nitrogen and oxygen atoms in total. The van der Waals surface area contributed by atoms with E-state index in [1.165, 1.54) is 0 Å². The third-order valence-corrected chi connectivity index (χ3v) is 5.38. The molecule has 0 spiro atoms. The minimum absolute atomic E-state index is 0.0129. The van der Waals surface area contributed by atoms with Crippen LogP contribution in [-0.4, -0.2) is 36.0 Å². The number of nitrogens with one attached hydrogen (secondary N) is 1. The molecule has 0 saturated carbocycles. The summed E-state index contributed by atoms with van der Waals surface area (Å²) in [6.07, 6.45) is 1.89. The number of amides is 1. The first kappa shape index (κ1) is 17.4. The fourth-order valence-electron chi connectivity index (χ4n) is 2.52. The number of rotatable bonds is 3. The van der Waals surface area contributed by atoms with E-state index in [0.29, 0.717) is 12.6 Å². The van der Waals surface area contributed by atoms with E-state index in [2.05, 4.69) is 64.9 Å². The molecule has 1 aliphatic rings. The minimum atomic E-state index is -0.0129. The Labute approximate surface area is 150 Å². The highest BCUT2D eigenvalue weighted by atomic mass is 79.9. The van der Waals surface area contributed by atoms with Crippen molar-refractivity contribution in [3.05, 3.63) is 25.6 Å². The number of halogens is 3. The van der Waals surface area contributed by atoms with Crippen molar-refractivity contribution in [1.29, 1.82) is 0 Å². The molecule has 0 aliphatic carbocycles. The number of benzene rings is 1. The molecule has 1 aromatic carbocycles. The van der Waals surface area contributed by atoms with Gasteiger partial charge in [-0.1, -0.05) is 15.9 Å². The molecule has 2 rings (SSSR count). The molecular formula is C14H18Br3N3O. The fourth-order valence-corrected chi connectivity index (χ4v) is 4.97. The largest absolute Gasteiger partial charge is 0.328 e. The van der Waals surface area contributed by atoms with E-state index < -0.39 is 0 Å². The van der Waals surface area contributed by atoms with Crippen LogP contribution in [0.25, 0.3) is 0 Å². The van der Waals surface area contributed by atoms with Crippen molar-refractivity contribution < 1.29 is 4.79 Å².